The van der Waals surface area contributed by atoms with E-state index in [1.54, 1.807) is 0 Å². The first-order chi connectivity index (χ1) is 10.9. The van der Waals surface area contributed by atoms with E-state index in [-0.39, 0.29) is 12.1 Å². The van der Waals surface area contributed by atoms with E-state index in [9.17, 15) is 4.79 Å². The summed E-state index contributed by atoms with van der Waals surface area (Å²) in [5.74, 6) is 0. The van der Waals surface area contributed by atoms with Crippen molar-refractivity contribution in [2.75, 3.05) is 6.54 Å². The molecule has 124 valence electrons. The van der Waals surface area contributed by atoms with Crippen LogP contribution in [0.5, 0.6) is 0 Å². The quantitative estimate of drug-likeness (QED) is 0.881. The SMILES string of the molecule is Cc1nn(C)c(C)c1CCNC(=O)NC(C)c1ccccc1Cl. The highest BCUT2D eigenvalue weighted by atomic mass is 35.5. The van der Waals surface area contributed by atoms with E-state index in [0.29, 0.717) is 11.6 Å². The molecule has 2 rings (SSSR count). The Morgan fingerprint density at radius 1 is 1.35 bits per heavy atom. The van der Waals surface area contributed by atoms with E-state index >= 15 is 0 Å². The molecule has 0 aliphatic rings. The molecule has 2 aromatic rings. The van der Waals surface area contributed by atoms with Crippen LogP contribution in [0.15, 0.2) is 24.3 Å². The number of nitrogens with one attached hydrogen (secondary N) is 2. The molecule has 0 spiro atoms. The van der Waals surface area contributed by atoms with Gasteiger partial charge in [-0.25, -0.2) is 4.79 Å². The zero-order valence-electron chi connectivity index (χ0n) is 14.0. The van der Waals surface area contributed by atoms with Crippen LogP contribution < -0.4 is 10.6 Å². The summed E-state index contributed by atoms with van der Waals surface area (Å²) in [5, 5.41) is 10.8. The first-order valence-corrected chi connectivity index (χ1v) is 8.05. The Morgan fingerprint density at radius 3 is 2.65 bits per heavy atom. The molecule has 0 saturated heterocycles. The first-order valence-electron chi connectivity index (χ1n) is 7.68. The number of urea groups is 1. The van der Waals surface area contributed by atoms with Gasteiger partial charge in [-0.1, -0.05) is 29.8 Å². The summed E-state index contributed by atoms with van der Waals surface area (Å²) in [6.07, 6.45) is 0.763. The molecule has 5 nitrogen and oxygen atoms in total. The first kappa shape index (κ1) is 17.3. The van der Waals surface area contributed by atoms with Gasteiger partial charge in [-0.3, -0.25) is 4.68 Å². The van der Waals surface area contributed by atoms with Gasteiger partial charge in [0.25, 0.3) is 0 Å². The Bertz CT molecular complexity index is 696. The van der Waals surface area contributed by atoms with Crippen LogP contribution in [-0.4, -0.2) is 22.4 Å². The van der Waals surface area contributed by atoms with Crippen LogP contribution in [0.25, 0.3) is 0 Å². The molecule has 2 N–H and O–H groups in total. The molecule has 0 aliphatic heterocycles. The predicted molar refractivity (Wildman–Crippen MR) is 92.8 cm³/mol. The second-order valence-electron chi connectivity index (χ2n) is 5.67. The van der Waals surface area contributed by atoms with Crippen molar-refractivity contribution in [3.8, 4) is 0 Å². The lowest BCUT2D eigenvalue weighted by molar-refractivity contribution is 0.238. The summed E-state index contributed by atoms with van der Waals surface area (Å²) in [6.45, 7) is 6.50. The van der Waals surface area contributed by atoms with Gasteiger partial charge in [-0.15, -0.1) is 0 Å². The number of benzene rings is 1. The Hall–Kier alpha value is -2.01. The van der Waals surface area contributed by atoms with Crippen LogP contribution in [0.3, 0.4) is 0 Å². The molecule has 1 atom stereocenters. The van der Waals surface area contributed by atoms with E-state index in [4.69, 9.17) is 11.6 Å². The van der Waals surface area contributed by atoms with Crippen molar-refractivity contribution in [2.24, 2.45) is 7.05 Å². The molecular formula is C17H23ClN4O. The number of halogens is 1. The molecule has 0 bridgehead atoms. The smallest absolute Gasteiger partial charge is 0.315 e. The Labute approximate surface area is 142 Å². The van der Waals surface area contributed by atoms with Crippen molar-refractivity contribution >= 4 is 17.6 Å². The minimum absolute atomic E-state index is 0.148. The van der Waals surface area contributed by atoms with Crippen molar-refractivity contribution in [1.82, 2.24) is 20.4 Å². The number of aryl methyl sites for hydroxylation is 2. The van der Waals surface area contributed by atoms with Gasteiger partial charge in [0.15, 0.2) is 0 Å². The maximum Gasteiger partial charge on any atom is 0.315 e. The van der Waals surface area contributed by atoms with E-state index in [1.165, 1.54) is 5.56 Å². The molecule has 6 heteroatoms. The topological polar surface area (TPSA) is 59.0 Å². The summed E-state index contributed by atoms with van der Waals surface area (Å²) in [4.78, 5) is 12.0. The Kier molecular flexibility index (Phi) is 5.66. The van der Waals surface area contributed by atoms with Gasteiger partial charge in [0.2, 0.25) is 0 Å². The minimum Gasteiger partial charge on any atom is -0.338 e. The molecule has 0 radical (unpaired) electrons. The predicted octanol–water partition coefficient (Wildman–Crippen LogP) is 3.29. The molecule has 1 aromatic heterocycles. The third kappa shape index (κ3) is 4.26. The van der Waals surface area contributed by atoms with Gasteiger partial charge in [-0.05, 0) is 44.4 Å². The van der Waals surface area contributed by atoms with Crippen LogP contribution in [-0.2, 0) is 13.5 Å². The van der Waals surface area contributed by atoms with E-state index < -0.39 is 0 Å². The number of nitrogens with zero attached hydrogens (tertiary/aromatic N) is 2. The highest BCUT2D eigenvalue weighted by molar-refractivity contribution is 6.31. The van der Waals surface area contributed by atoms with Crippen molar-refractivity contribution < 1.29 is 4.79 Å². The lowest BCUT2D eigenvalue weighted by Crippen LogP contribution is -2.38. The maximum absolute atomic E-state index is 12.0. The van der Waals surface area contributed by atoms with Gasteiger partial charge in [0.1, 0.15) is 0 Å². The van der Waals surface area contributed by atoms with Gasteiger partial charge in [-0.2, -0.15) is 5.10 Å². The van der Waals surface area contributed by atoms with Gasteiger partial charge >= 0.3 is 6.03 Å². The Morgan fingerprint density at radius 2 is 2.04 bits per heavy atom. The zero-order chi connectivity index (χ0) is 17.0. The van der Waals surface area contributed by atoms with Crippen LogP contribution in [0.1, 0.15) is 35.5 Å². The van der Waals surface area contributed by atoms with E-state index in [1.807, 2.05) is 56.8 Å². The molecule has 0 fully saturated rings. The van der Waals surface area contributed by atoms with E-state index in [2.05, 4.69) is 15.7 Å². The van der Waals surface area contributed by atoms with E-state index in [0.717, 1.165) is 23.4 Å². The molecule has 1 heterocycles. The number of aromatic nitrogens is 2. The summed E-state index contributed by atoms with van der Waals surface area (Å²) in [5.41, 5.74) is 4.24. The number of carbonyl (C=O) groups is 1. The highest BCUT2D eigenvalue weighted by Gasteiger charge is 2.13. The second kappa shape index (κ2) is 7.51. The fourth-order valence-corrected chi connectivity index (χ4v) is 2.93. The van der Waals surface area contributed by atoms with Crippen LogP contribution >= 0.6 is 11.6 Å². The van der Waals surface area contributed by atoms with Crippen LogP contribution in [0, 0.1) is 13.8 Å². The maximum atomic E-state index is 12.0. The molecule has 1 aromatic carbocycles. The molecule has 2 amide bonds. The zero-order valence-corrected chi connectivity index (χ0v) is 14.7. The average Bonchev–Trinajstić information content (AvgIpc) is 2.73. The molecule has 0 aliphatic carbocycles. The van der Waals surface area contributed by atoms with Crippen molar-refractivity contribution in [2.45, 2.75) is 33.2 Å². The van der Waals surface area contributed by atoms with Crippen LogP contribution in [0.2, 0.25) is 5.02 Å². The average molecular weight is 335 g/mol. The van der Waals surface area contributed by atoms with Gasteiger partial charge < -0.3 is 10.6 Å². The summed E-state index contributed by atoms with van der Waals surface area (Å²) in [7, 11) is 1.93. The van der Waals surface area contributed by atoms with Gasteiger partial charge in [0.05, 0.1) is 11.7 Å². The number of hydrogen-bond acceptors (Lipinski definition) is 2. The normalized spacial score (nSPS) is 12.0. The van der Waals surface area contributed by atoms with Crippen molar-refractivity contribution in [3.63, 3.8) is 0 Å². The second-order valence-corrected chi connectivity index (χ2v) is 6.07. The molecule has 0 saturated carbocycles. The third-order valence-electron chi connectivity index (χ3n) is 4.04. The minimum atomic E-state index is -0.198. The monoisotopic (exact) mass is 334 g/mol. The molecular weight excluding hydrogens is 312 g/mol. The molecule has 23 heavy (non-hydrogen) atoms. The number of carbonyl (C=O) groups excluding carboxylic acids is 1. The lowest BCUT2D eigenvalue weighted by Gasteiger charge is -2.16. The van der Waals surface area contributed by atoms with Gasteiger partial charge in [0, 0.05) is 24.3 Å². The fourth-order valence-electron chi connectivity index (χ4n) is 2.63. The third-order valence-corrected chi connectivity index (χ3v) is 4.38. The Balaban J connectivity index is 1.85. The number of amides is 2. The largest absolute Gasteiger partial charge is 0.338 e. The lowest BCUT2D eigenvalue weighted by atomic mass is 10.1. The van der Waals surface area contributed by atoms with Crippen LogP contribution in [0.4, 0.5) is 4.79 Å². The summed E-state index contributed by atoms with van der Waals surface area (Å²) in [6, 6.07) is 7.17. The number of rotatable bonds is 5. The highest BCUT2D eigenvalue weighted by Crippen LogP contribution is 2.21. The summed E-state index contributed by atoms with van der Waals surface area (Å²) < 4.78 is 1.87. The molecule has 1 unspecified atom stereocenters. The fraction of sp³-hybridized carbons (Fsp3) is 0.412. The standard InChI is InChI=1S/C17H23ClN4O/c1-11(15-7-5-6-8-16(15)18)20-17(23)19-10-9-14-12(2)21-22(4)13(14)3/h5-8,11H,9-10H2,1-4H3,(H2,19,20,23). The number of hydrogen-bond donors (Lipinski definition) is 2. The van der Waals surface area contributed by atoms with Crippen molar-refractivity contribution in [1.29, 1.82) is 0 Å². The summed E-state index contributed by atoms with van der Waals surface area (Å²) >= 11 is 6.14. The van der Waals surface area contributed by atoms with Crippen molar-refractivity contribution in [3.05, 3.63) is 51.8 Å².